The third-order valence-corrected chi connectivity index (χ3v) is 1.76. The molecule has 1 rings (SSSR count). The Morgan fingerprint density at radius 2 is 2.31 bits per heavy atom. The lowest BCUT2D eigenvalue weighted by Crippen LogP contribution is -2.07. The number of aryl methyl sites for hydroxylation is 1. The third-order valence-electron chi connectivity index (χ3n) is 1.14. The van der Waals surface area contributed by atoms with Gasteiger partial charge in [0.2, 0.25) is 0 Å². The predicted octanol–water partition coefficient (Wildman–Crippen LogP) is 1.83. The Labute approximate surface area is 85.3 Å². The number of halogens is 1. The van der Waals surface area contributed by atoms with E-state index in [0.717, 1.165) is 12.1 Å². The van der Waals surface area contributed by atoms with Crippen LogP contribution in [0.4, 0.5) is 0 Å². The van der Waals surface area contributed by atoms with Gasteiger partial charge in [-0.2, -0.15) is 8.42 Å². The fourth-order valence-electron chi connectivity index (χ4n) is 0.688. The molecule has 0 bridgehead atoms. The molecule has 72 valence electrons. The first-order valence-electron chi connectivity index (χ1n) is 4.56. The Bertz CT molecular complexity index is 497. The van der Waals surface area contributed by atoms with Crippen LogP contribution in [0.15, 0.2) is 18.2 Å². The van der Waals surface area contributed by atoms with Crippen molar-refractivity contribution in [2.75, 3.05) is 0 Å². The molecule has 0 amide bonds. The standard InChI is InChI=1S/C7H7ClO4S/c1-5-4-6(8)2-3-7(5)12-13(9,10)11/h2-4H,1H3,(H,9,10,11)/i1D3. The molecule has 0 aromatic heterocycles. The molecule has 0 aliphatic rings. The van der Waals surface area contributed by atoms with Crippen LogP contribution in [0.25, 0.3) is 0 Å². The first-order valence-corrected chi connectivity index (χ1v) is 4.81. The zero-order chi connectivity index (χ0) is 12.6. The van der Waals surface area contributed by atoms with Gasteiger partial charge in [0, 0.05) is 9.13 Å². The van der Waals surface area contributed by atoms with Crippen molar-refractivity contribution < 1.29 is 21.3 Å². The molecule has 13 heavy (non-hydrogen) atoms. The lowest BCUT2D eigenvalue weighted by molar-refractivity contribution is 0.386. The molecule has 4 nitrogen and oxygen atoms in total. The van der Waals surface area contributed by atoms with E-state index in [-0.39, 0.29) is 5.02 Å². The minimum atomic E-state index is -4.77. The first kappa shape index (κ1) is 6.64. The van der Waals surface area contributed by atoms with E-state index in [2.05, 4.69) is 4.18 Å². The molecule has 0 fully saturated rings. The number of hydrogen-bond donors (Lipinski definition) is 1. The van der Waals surface area contributed by atoms with E-state index in [1.54, 1.807) is 0 Å². The molecule has 0 saturated heterocycles. The molecule has 0 spiro atoms. The van der Waals surface area contributed by atoms with Gasteiger partial charge in [0.15, 0.2) is 0 Å². The molecule has 0 radical (unpaired) electrons. The van der Waals surface area contributed by atoms with Gasteiger partial charge in [0.05, 0.1) is 0 Å². The van der Waals surface area contributed by atoms with Crippen molar-refractivity contribution in [3.8, 4) is 5.75 Å². The Hall–Kier alpha value is -0.780. The van der Waals surface area contributed by atoms with Crippen molar-refractivity contribution in [1.29, 1.82) is 0 Å². The highest BCUT2D eigenvalue weighted by Crippen LogP contribution is 2.22. The molecule has 1 aromatic rings. The van der Waals surface area contributed by atoms with E-state index in [1.807, 2.05) is 0 Å². The molecule has 0 unspecified atom stereocenters. The van der Waals surface area contributed by atoms with Crippen LogP contribution in [0.3, 0.4) is 0 Å². The number of hydrogen-bond acceptors (Lipinski definition) is 3. The smallest absolute Gasteiger partial charge is 0.362 e. The van der Waals surface area contributed by atoms with Crippen molar-refractivity contribution in [1.82, 2.24) is 0 Å². The van der Waals surface area contributed by atoms with Crippen LogP contribution in [-0.2, 0) is 10.4 Å². The Balaban J connectivity index is 3.29. The Kier molecular flexibility index (Phi) is 1.80. The zero-order valence-corrected chi connectivity index (χ0v) is 7.76. The van der Waals surface area contributed by atoms with E-state index in [0.29, 0.717) is 0 Å². The summed E-state index contributed by atoms with van der Waals surface area (Å²) < 4.78 is 55.0. The van der Waals surface area contributed by atoms with E-state index in [4.69, 9.17) is 20.3 Å². The summed E-state index contributed by atoms with van der Waals surface area (Å²) in [5.74, 6) is -0.480. The van der Waals surface area contributed by atoms with Gasteiger partial charge in [-0.3, -0.25) is 4.55 Å². The van der Waals surface area contributed by atoms with Crippen molar-refractivity contribution in [3.63, 3.8) is 0 Å². The van der Waals surface area contributed by atoms with Crippen molar-refractivity contribution in [2.24, 2.45) is 0 Å². The van der Waals surface area contributed by atoms with E-state index >= 15 is 0 Å². The minimum absolute atomic E-state index is 0.119. The molecule has 0 atom stereocenters. The Morgan fingerprint density at radius 1 is 1.62 bits per heavy atom. The normalized spacial score (nSPS) is 15.7. The molecule has 1 aromatic carbocycles. The van der Waals surface area contributed by atoms with Crippen LogP contribution in [0, 0.1) is 6.85 Å². The van der Waals surface area contributed by atoms with Crippen LogP contribution < -0.4 is 4.18 Å². The molecule has 0 heterocycles. The van der Waals surface area contributed by atoms with Gasteiger partial charge in [-0.05, 0) is 30.6 Å². The van der Waals surface area contributed by atoms with Gasteiger partial charge in [-0.15, -0.1) is 0 Å². The summed E-state index contributed by atoms with van der Waals surface area (Å²) in [7, 11) is -4.77. The fraction of sp³-hybridized carbons (Fsp3) is 0.143. The molecule has 6 heteroatoms. The van der Waals surface area contributed by atoms with Gasteiger partial charge in [0.1, 0.15) is 5.75 Å². The molecule has 0 aliphatic heterocycles. The van der Waals surface area contributed by atoms with Gasteiger partial charge in [-0.25, -0.2) is 0 Å². The summed E-state index contributed by atoms with van der Waals surface area (Å²) in [6.45, 7) is -2.59. The lowest BCUT2D eigenvalue weighted by atomic mass is 10.2. The third kappa shape index (κ3) is 3.22. The van der Waals surface area contributed by atoms with E-state index in [1.165, 1.54) is 6.07 Å². The monoisotopic (exact) mass is 225 g/mol. The topological polar surface area (TPSA) is 63.6 Å². The summed E-state index contributed by atoms with van der Waals surface area (Å²) >= 11 is 5.58. The molecule has 0 saturated carbocycles. The molecular formula is C7H7ClO4S. The summed E-state index contributed by atoms with van der Waals surface area (Å²) in [5.41, 5.74) is -0.391. The van der Waals surface area contributed by atoms with Crippen LogP contribution in [0.1, 0.15) is 9.68 Å². The first-order chi connectivity index (χ1) is 7.09. The molecule has 1 N–H and O–H groups in total. The van der Waals surface area contributed by atoms with Gasteiger partial charge in [-0.1, -0.05) is 11.6 Å². The van der Waals surface area contributed by atoms with Crippen LogP contribution in [0.5, 0.6) is 5.75 Å². The van der Waals surface area contributed by atoms with Crippen LogP contribution in [-0.4, -0.2) is 13.0 Å². The summed E-state index contributed by atoms with van der Waals surface area (Å²) in [4.78, 5) is 0. The maximum atomic E-state index is 10.5. The zero-order valence-electron chi connectivity index (χ0n) is 9.19. The van der Waals surface area contributed by atoms with Crippen LogP contribution >= 0.6 is 11.6 Å². The number of rotatable bonds is 2. The second kappa shape index (κ2) is 3.53. The molecule has 0 aliphatic carbocycles. The van der Waals surface area contributed by atoms with E-state index < -0.39 is 28.6 Å². The van der Waals surface area contributed by atoms with Gasteiger partial charge < -0.3 is 4.18 Å². The summed E-state index contributed by atoms with van der Waals surface area (Å²) in [6, 6.07) is 3.35. The second-order valence-electron chi connectivity index (χ2n) is 2.15. The van der Waals surface area contributed by atoms with Gasteiger partial charge in [0.25, 0.3) is 0 Å². The summed E-state index contributed by atoms with van der Waals surface area (Å²) in [5, 5.41) is 0.119. The predicted molar refractivity (Wildman–Crippen MR) is 48.4 cm³/mol. The molecular weight excluding hydrogens is 216 g/mol. The fourth-order valence-corrected chi connectivity index (χ4v) is 1.23. The lowest BCUT2D eigenvalue weighted by Gasteiger charge is -2.04. The average molecular weight is 226 g/mol. The van der Waals surface area contributed by atoms with E-state index in [9.17, 15) is 8.42 Å². The summed E-state index contributed by atoms with van der Waals surface area (Å²) in [6.07, 6.45) is 0. The number of benzene rings is 1. The van der Waals surface area contributed by atoms with Crippen molar-refractivity contribution in [3.05, 3.63) is 28.8 Å². The highest BCUT2D eigenvalue weighted by atomic mass is 35.5. The van der Waals surface area contributed by atoms with Crippen LogP contribution in [0.2, 0.25) is 5.02 Å². The van der Waals surface area contributed by atoms with Crippen molar-refractivity contribution >= 4 is 22.0 Å². The highest BCUT2D eigenvalue weighted by Gasteiger charge is 2.09. The largest absolute Gasteiger partial charge is 0.446 e. The second-order valence-corrected chi connectivity index (χ2v) is 3.61. The SMILES string of the molecule is [2H]C([2H])([2H])c1cc(Cl)ccc1OS(=O)(=O)O. The Morgan fingerprint density at radius 3 is 2.85 bits per heavy atom. The quantitative estimate of drug-likeness (QED) is 0.780. The maximum absolute atomic E-state index is 10.5. The minimum Gasteiger partial charge on any atom is -0.362 e. The van der Waals surface area contributed by atoms with Crippen molar-refractivity contribution in [2.45, 2.75) is 6.85 Å². The maximum Gasteiger partial charge on any atom is 0.446 e. The van der Waals surface area contributed by atoms with Gasteiger partial charge >= 0.3 is 10.4 Å². The highest BCUT2D eigenvalue weighted by molar-refractivity contribution is 7.81. The average Bonchev–Trinajstić information content (AvgIpc) is 2.04.